The Hall–Kier alpha value is -3.73. The van der Waals surface area contributed by atoms with Crippen molar-refractivity contribution in [2.75, 3.05) is 5.32 Å². The molecule has 2 aromatic carbocycles. The molecule has 0 saturated carbocycles. The Labute approximate surface area is 181 Å². The number of hydrogen-bond acceptors (Lipinski definition) is 4. The fourth-order valence-corrected chi connectivity index (χ4v) is 4.57. The number of hydrazone groups is 1. The van der Waals surface area contributed by atoms with Crippen molar-refractivity contribution in [2.45, 2.75) is 25.3 Å². The van der Waals surface area contributed by atoms with Gasteiger partial charge < -0.3 is 5.32 Å². The maximum Gasteiger partial charge on any atom is 0.272 e. The van der Waals surface area contributed by atoms with Crippen molar-refractivity contribution in [1.82, 2.24) is 10.4 Å². The highest BCUT2D eigenvalue weighted by Gasteiger charge is 2.37. The first-order valence-corrected chi connectivity index (χ1v) is 10.6. The molecule has 0 unspecified atom stereocenters. The van der Waals surface area contributed by atoms with Crippen molar-refractivity contribution < 1.29 is 4.79 Å². The van der Waals surface area contributed by atoms with Gasteiger partial charge in [-0.25, -0.2) is 5.43 Å². The van der Waals surface area contributed by atoms with Crippen LogP contribution in [-0.2, 0) is 0 Å². The van der Waals surface area contributed by atoms with E-state index in [9.17, 15) is 4.79 Å². The summed E-state index contributed by atoms with van der Waals surface area (Å²) in [6.07, 6.45) is 8.86. The monoisotopic (exact) mass is 408 g/mol. The smallest absolute Gasteiger partial charge is 0.272 e. The van der Waals surface area contributed by atoms with Crippen LogP contribution >= 0.6 is 0 Å². The van der Waals surface area contributed by atoms with Crippen LogP contribution < -0.4 is 10.7 Å². The number of anilines is 1. The number of carbonyl (C=O) groups excluding carboxylic acids is 1. The number of allylic oxidation sites excluding steroid dienone is 2. The van der Waals surface area contributed by atoms with Gasteiger partial charge in [0.25, 0.3) is 5.91 Å². The average Bonchev–Trinajstić information content (AvgIpc) is 3.33. The summed E-state index contributed by atoms with van der Waals surface area (Å²) in [7, 11) is 0. The Morgan fingerprint density at radius 3 is 2.77 bits per heavy atom. The lowest BCUT2D eigenvalue weighted by Crippen LogP contribution is -2.29. The predicted molar refractivity (Wildman–Crippen MR) is 123 cm³/mol. The quantitative estimate of drug-likeness (QED) is 0.360. The largest absolute Gasteiger partial charge is 0.378 e. The first-order chi connectivity index (χ1) is 15.2. The van der Waals surface area contributed by atoms with Crippen molar-refractivity contribution in [3.63, 3.8) is 0 Å². The summed E-state index contributed by atoms with van der Waals surface area (Å²) < 4.78 is 0. The van der Waals surface area contributed by atoms with Crippen LogP contribution in [0.2, 0.25) is 0 Å². The van der Waals surface area contributed by atoms with Crippen molar-refractivity contribution in [1.29, 1.82) is 0 Å². The third-order valence-corrected chi connectivity index (χ3v) is 6.19. The lowest BCUT2D eigenvalue weighted by molar-refractivity contribution is 0.0954. The van der Waals surface area contributed by atoms with Crippen LogP contribution in [0.3, 0.4) is 0 Å². The van der Waals surface area contributed by atoms with Gasteiger partial charge in [-0.15, -0.1) is 0 Å². The molecule has 1 amide bonds. The molecule has 2 N–H and O–H groups in total. The molecule has 5 nitrogen and oxygen atoms in total. The molecule has 3 aromatic rings. The predicted octanol–water partition coefficient (Wildman–Crippen LogP) is 5.06. The summed E-state index contributed by atoms with van der Waals surface area (Å²) in [6.45, 7) is 1.91. The summed E-state index contributed by atoms with van der Waals surface area (Å²) in [5.41, 5.74) is 8.67. The number of nitrogens with one attached hydrogen (secondary N) is 2. The molecule has 31 heavy (non-hydrogen) atoms. The van der Waals surface area contributed by atoms with E-state index in [-0.39, 0.29) is 5.91 Å². The van der Waals surface area contributed by atoms with Crippen molar-refractivity contribution in [3.8, 4) is 0 Å². The minimum atomic E-state index is -0.267. The van der Waals surface area contributed by atoms with Crippen LogP contribution in [0.25, 0.3) is 0 Å². The van der Waals surface area contributed by atoms with Gasteiger partial charge in [0, 0.05) is 24.0 Å². The first-order valence-electron chi connectivity index (χ1n) is 10.6. The Kier molecular flexibility index (Phi) is 5.08. The van der Waals surface area contributed by atoms with E-state index in [0.29, 0.717) is 23.4 Å². The second-order valence-corrected chi connectivity index (χ2v) is 8.07. The zero-order valence-electron chi connectivity index (χ0n) is 17.3. The minimum Gasteiger partial charge on any atom is -0.378 e. The fraction of sp³-hybridized carbons (Fsp3) is 0.192. The van der Waals surface area contributed by atoms with Crippen LogP contribution in [0.4, 0.5) is 5.69 Å². The highest BCUT2D eigenvalue weighted by Crippen LogP contribution is 2.49. The number of pyridine rings is 1. The fourth-order valence-electron chi connectivity index (χ4n) is 4.57. The van der Waals surface area contributed by atoms with E-state index in [4.69, 9.17) is 0 Å². The Bertz CT molecular complexity index is 1150. The van der Waals surface area contributed by atoms with Crippen LogP contribution in [0.5, 0.6) is 0 Å². The van der Waals surface area contributed by atoms with E-state index < -0.39 is 0 Å². The number of fused-ring (bicyclic) bond motifs is 3. The van der Waals surface area contributed by atoms with Crippen molar-refractivity contribution in [2.24, 2.45) is 11.0 Å². The molecule has 5 rings (SSSR count). The molecule has 2 heterocycles. The number of hydrogen-bond donors (Lipinski definition) is 2. The van der Waals surface area contributed by atoms with Gasteiger partial charge in [0.05, 0.1) is 17.3 Å². The van der Waals surface area contributed by atoms with Gasteiger partial charge in [0.2, 0.25) is 0 Å². The zero-order valence-corrected chi connectivity index (χ0v) is 17.3. The third kappa shape index (κ3) is 3.75. The summed E-state index contributed by atoms with van der Waals surface area (Å²) in [4.78, 5) is 16.2. The number of rotatable bonds is 4. The SMILES string of the molecule is C/C(=N\NC(=O)c1cccnc1)c1ccc2c(c1)[C@H]1C=CC[C@H]1[C@@H](c1ccccc1)N2. The van der Waals surface area contributed by atoms with Crippen LogP contribution in [0.15, 0.2) is 90.3 Å². The second kappa shape index (κ2) is 8.19. The zero-order chi connectivity index (χ0) is 21.2. The van der Waals surface area contributed by atoms with E-state index >= 15 is 0 Å². The summed E-state index contributed by atoms with van der Waals surface area (Å²) in [6, 6.07) is 20.8. The van der Waals surface area contributed by atoms with Gasteiger partial charge in [-0.1, -0.05) is 48.6 Å². The van der Waals surface area contributed by atoms with E-state index in [1.165, 1.54) is 17.3 Å². The molecule has 154 valence electrons. The lowest BCUT2D eigenvalue weighted by Gasteiger charge is -2.37. The lowest BCUT2D eigenvalue weighted by atomic mass is 9.76. The van der Waals surface area contributed by atoms with Gasteiger partial charge >= 0.3 is 0 Å². The molecule has 2 aliphatic rings. The van der Waals surface area contributed by atoms with Gasteiger partial charge in [-0.3, -0.25) is 9.78 Å². The molecule has 3 atom stereocenters. The Morgan fingerprint density at radius 2 is 1.97 bits per heavy atom. The number of amides is 1. The van der Waals surface area contributed by atoms with E-state index in [0.717, 1.165) is 23.4 Å². The molecular weight excluding hydrogens is 384 g/mol. The first kappa shape index (κ1) is 19.2. The minimum absolute atomic E-state index is 0.267. The molecule has 0 radical (unpaired) electrons. The molecule has 1 aliphatic carbocycles. The number of carbonyl (C=O) groups is 1. The number of aromatic nitrogens is 1. The maximum absolute atomic E-state index is 12.3. The maximum atomic E-state index is 12.3. The highest BCUT2D eigenvalue weighted by atomic mass is 16.2. The second-order valence-electron chi connectivity index (χ2n) is 8.07. The number of nitrogens with zero attached hydrogens (tertiary/aromatic N) is 2. The summed E-state index contributed by atoms with van der Waals surface area (Å²) in [5, 5.41) is 8.08. The molecule has 0 bridgehead atoms. The van der Waals surface area contributed by atoms with E-state index in [1.54, 1.807) is 18.3 Å². The number of benzene rings is 2. The van der Waals surface area contributed by atoms with Gasteiger partial charge in [0.15, 0.2) is 0 Å². The van der Waals surface area contributed by atoms with Gasteiger partial charge in [0.1, 0.15) is 0 Å². The standard InChI is InChI=1S/C26H24N4O/c1-17(29-30-26(31)20-9-6-14-27-16-20)19-12-13-24-23(15-19)21-10-5-11-22(21)25(28-24)18-7-3-2-4-8-18/h2-10,12-16,21-22,25,28H,11H2,1H3,(H,30,31)/b29-17+/t21-,22+,25+/m0/s1. The van der Waals surface area contributed by atoms with Crippen LogP contribution in [0.1, 0.15) is 52.4 Å². The van der Waals surface area contributed by atoms with E-state index in [1.807, 2.05) is 6.92 Å². The molecule has 0 spiro atoms. The van der Waals surface area contributed by atoms with Gasteiger partial charge in [-0.2, -0.15) is 5.10 Å². The normalized spacial score (nSPS) is 21.7. The molecule has 0 fully saturated rings. The molecule has 0 saturated heterocycles. The summed E-state index contributed by atoms with van der Waals surface area (Å²) in [5.74, 6) is 0.600. The molecule has 1 aromatic heterocycles. The molecule has 1 aliphatic heterocycles. The van der Waals surface area contributed by atoms with Crippen molar-refractivity contribution >= 4 is 17.3 Å². The molecular formula is C26H24N4O. The third-order valence-electron chi connectivity index (χ3n) is 6.19. The van der Waals surface area contributed by atoms with Crippen LogP contribution in [-0.4, -0.2) is 16.6 Å². The van der Waals surface area contributed by atoms with Crippen molar-refractivity contribution in [3.05, 3.63) is 107 Å². The Balaban J connectivity index is 1.40. The van der Waals surface area contributed by atoms with Gasteiger partial charge in [-0.05, 0) is 60.2 Å². The average molecular weight is 409 g/mol. The Morgan fingerprint density at radius 1 is 1.10 bits per heavy atom. The van der Waals surface area contributed by atoms with E-state index in [2.05, 4.69) is 81.5 Å². The topological polar surface area (TPSA) is 66.4 Å². The molecule has 5 heteroatoms. The van der Waals surface area contributed by atoms with Crippen LogP contribution in [0, 0.1) is 5.92 Å². The summed E-state index contributed by atoms with van der Waals surface area (Å²) >= 11 is 0. The highest BCUT2D eigenvalue weighted by molar-refractivity contribution is 6.01.